The van der Waals surface area contributed by atoms with Crippen molar-refractivity contribution in [2.45, 2.75) is 36.3 Å². The van der Waals surface area contributed by atoms with Crippen LogP contribution in [0.5, 0.6) is 5.75 Å². The first kappa shape index (κ1) is 21.3. The molecule has 2 aromatic carbocycles. The van der Waals surface area contributed by atoms with Crippen LogP contribution in [0.2, 0.25) is 0 Å². The smallest absolute Gasteiger partial charge is 0.223 e. The first-order valence-corrected chi connectivity index (χ1v) is 11.4. The van der Waals surface area contributed by atoms with Gasteiger partial charge in [-0.3, -0.25) is 4.79 Å². The third-order valence-electron chi connectivity index (χ3n) is 5.23. The number of hydrogen-bond donors (Lipinski definition) is 0. The van der Waals surface area contributed by atoms with Gasteiger partial charge in [0.05, 0.1) is 16.8 Å². The van der Waals surface area contributed by atoms with Crippen LogP contribution in [0.25, 0.3) is 0 Å². The number of sulfone groups is 1. The van der Waals surface area contributed by atoms with Gasteiger partial charge in [0.25, 0.3) is 0 Å². The lowest BCUT2D eigenvalue weighted by molar-refractivity contribution is -0.133. The third kappa shape index (κ3) is 5.56. The van der Waals surface area contributed by atoms with Gasteiger partial charge in [-0.25, -0.2) is 12.8 Å². The monoisotopic (exact) mass is 419 g/mol. The Bertz CT molecular complexity index is 916. The Morgan fingerprint density at radius 2 is 1.86 bits per heavy atom. The predicted octanol–water partition coefficient (Wildman–Crippen LogP) is 3.70. The summed E-state index contributed by atoms with van der Waals surface area (Å²) < 4.78 is 44.2. The normalized spacial score (nSPS) is 18.3. The molecule has 29 heavy (non-hydrogen) atoms. The van der Waals surface area contributed by atoms with Crippen LogP contribution >= 0.6 is 0 Å². The summed E-state index contributed by atoms with van der Waals surface area (Å²) in [4.78, 5) is 14.5. The average molecular weight is 420 g/mol. The van der Waals surface area contributed by atoms with Gasteiger partial charge in [-0.1, -0.05) is 18.2 Å². The molecule has 0 saturated carbocycles. The minimum Gasteiger partial charge on any atom is -0.493 e. The van der Waals surface area contributed by atoms with E-state index in [-0.39, 0.29) is 23.1 Å². The van der Waals surface area contributed by atoms with Crippen LogP contribution in [-0.4, -0.2) is 44.2 Å². The minimum atomic E-state index is -3.69. The van der Waals surface area contributed by atoms with Crippen molar-refractivity contribution in [2.75, 3.05) is 19.7 Å². The number of piperidine rings is 1. The Kier molecular flexibility index (Phi) is 6.90. The van der Waals surface area contributed by atoms with E-state index in [1.54, 1.807) is 4.90 Å². The molecule has 1 aliphatic rings. The predicted molar refractivity (Wildman–Crippen MR) is 109 cm³/mol. The summed E-state index contributed by atoms with van der Waals surface area (Å²) in [6.45, 7) is 3.24. The highest BCUT2D eigenvalue weighted by Gasteiger charge is 2.30. The highest BCUT2D eigenvalue weighted by atomic mass is 32.2. The van der Waals surface area contributed by atoms with Crippen LogP contribution in [0.1, 0.15) is 26.2 Å². The lowest BCUT2D eigenvalue weighted by Crippen LogP contribution is -2.43. The number of hydrogen-bond acceptors (Lipinski definition) is 4. The zero-order valence-corrected chi connectivity index (χ0v) is 17.3. The van der Waals surface area contributed by atoms with Gasteiger partial charge in [0.15, 0.2) is 9.84 Å². The number of para-hydroxylation sites is 1. The van der Waals surface area contributed by atoms with Crippen molar-refractivity contribution < 1.29 is 22.3 Å². The zero-order valence-electron chi connectivity index (χ0n) is 16.5. The van der Waals surface area contributed by atoms with Crippen molar-refractivity contribution in [1.82, 2.24) is 4.90 Å². The van der Waals surface area contributed by atoms with Crippen molar-refractivity contribution in [2.24, 2.45) is 5.92 Å². The Morgan fingerprint density at radius 1 is 1.17 bits per heavy atom. The maximum atomic E-state index is 13.1. The summed E-state index contributed by atoms with van der Waals surface area (Å²) in [6, 6.07) is 14.3. The van der Waals surface area contributed by atoms with E-state index < -0.39 is 20.9 Å². The molecule has 2 atom stereocenters. The van der Waals surface area contributed by atoms with Crippen LogP contribution in [0.15, 0.2) is 59.5 Å². The lowest BCUT2D eigenvalue weighted by atomic mass is 9.98. The van der Waals surface area contributed by atoms with Crippen molar-refractivity contribution in [3.8, 4) is 5.75 Å². The molecule has 1 heterocycles. The second-order valence-corrected chi connectivity index (χ2v) is 9.85. The third-order valence-corrected chi connectivity index (χ3v) is 7.39. The van der Waals surface area contributed by atoms with Gasteiger partial charge >= 0.3 is 0 Å². The van der Waals surface area contributed by atoms with Gasteiger partial charge in [-0.05, 0) is 56.2 Å². The number of carbonyl (C=O) groups excluding carboxylic acids is 1. The molecule has 1 fully saturated rings. The summed E-state index contributed by atoms with van der Waals surface area (Å²) in [5, 5.41) is -0.874. The second-order valence-electron chi connectivity index (χ2n) is 7.49. The lowest BCUT2D eigenvalue weighted by Gasteiger charge is -2.33. The molecule has 5 nitrogen and oxygen atoms in total. The second kappa shape index (κ2) is 9.39. The summed E-state index contributed by atoms with van der Waals surface area (Å²) in [5.41, 5.74) is 0. The first-order valence-electron chi connectivity index (χ1n) is 9.81. The first-order chi connectivity index (χ1) is 13.9. The van der Waals surface area contributed by atoms with E-state index in [2.05, 4.69) is 0 Å². The highest BCUT2D eigenvalue weighted by Crippen LogP contribution is 2.23. The molecular weight excluding hydrogens is 393 g/mol. The number of likely N-dealkylation sites (tertiary alicyclic amines) is 1. The van der Waals surface area contributed by atoms with E-state index >= 15 is 0 Å². The molecule has 156 valence electrons. The zero-order chi connectivity index (χ0) is 20.9. The SMILES string of the molecule is CC(CC(=O)N1CCCC(COc2ccccc2)C1)S(=O)(=O)c1ccc(F)cc1. The molecule has 0 N–H and O–H groups in total. The summed E-state index contributed by atoms with van der Waals surface area (Å²) >= 11 is 0. The Labute approximate surface area is 171 Å². The number of rotatable bonds is 7. The molecule has 0 aliphatic carbocycles. The standard InChI is InChI=1S/C22H26FNO4S/c1-17(29(26,27)21-11-9-19(23)10-12-21)14-22(25)24-13-5-6-18(15-24)16-28-20-7-3-2-4-8-20/h2-4,7-12,17-18H,5-6,13-16H2,1H3. The number of halogens is 1. The van der Waals surface area contributed by atoms with E-state index in [4.69, 9.17) is 4.74 Å². The molecule has 2 unspecified atom stereocenters. The number of amides is 1. The van der Waals surface area contributed by atoms with Gasteiger partial charge in [0.2, 0.25) is 5.91 Å². The fraction of sp³-hybridized carbons (Fsp3) is 0.409. The topological polar surface area (TPSA) is 63.7 Å². The largest absolute Gasteiger partial charge is 0.493 e. The molecule has 0 bridgehead atoms. The Morgan fingerprint density at radius 3 is 2.55 bits per heavy atom. The molecular formula is C22H26FNO4S. The van der Waals surface area contributed by atoms with Crippen LogP contribution in [0.3, 0.4) is 0 Å². The van der Waals surface area contributed by atoms with Crippen molar-refractivity contribution in [3.05, 3.63) is 60.4 Å². The molecule has 0 radical (unpaired) electrons. The highest BCUT2D eigenvalue weighted by molar-refractivity contribution is 7.92. The Balaban J connectivity index is 1.55. The summed E-state index contributed by atoms with van der Waals surface area (Å²) in [7, 11) is -3.69. The van der Waals surface area contributed by atoms with E-state index in [1.165, 1.54) is 19.1 Å². The van der Waals surface area contributed by atoms with Crippen LogP contribution < -0.4 is 4.74 Å². The molecule has 0 aromatic heterocycles. The van der Waals surface area contributed by atoms with Gasteiger partial charge in [0, 0.05) is 25.4 Å². The summed E-state index contributed by atoms with van der Waals surface area (Å²) in [5.74, 6) is 0.351. The van der Waals surface area contributed by atoms with E-state index in [0.717, 1.165) is 30.7 Å². The molecule has 2 aromatic rings. The molecule has 1 amide bonds. The maximum absolute atomic E-state index is 13.1. The molecule has 0 spiro atoms. The van der Waals surface area contributed by atoms with E-state index in [1.807, 2.05) is 30.3 Å². The number of ether oxygens (including phenoxy) is 1. The maximum Gasteiger partial charge on any atom is 0.223 e. The van der Waals surface area contributed by atoms with E-state index in [9.17, 15) is 17.6 Å². The minimum absolute atomic E-state index is 0.0342. The van der Waals surface area contributed by atoms with E-state index in [0.29, 0.717) is 19.7 Å². The van der Waals surface area contributed by atoms with Crippen LogP contribution in [-0.2, 0) is 14.6 Å². The fourth-order valence-electron chi connectivity index (χ4n) is 3.50. The molecule has 1 saturated heterocycles. The Hall–Kier alpha value is -2.41. The van der Waals surface area contributed by atoms with Crippen molar-refractivity contribution in [1.29, 1.82) is 0 Å². The van der Waals surface area contributed by atoms with Crippen LogP contribution in [0.4, 0.5) is 4.39 Å². The molecule has 1 aliphatic heterocycles. The fourth-order valence-corrected chi connectivity index (χ4v) is 4.84. The number of carbonyl (C=O) groups is 1. The van der Waals surface area contributed by atoms with Crippen LogP contribution in [0, 0.1) is 11.7 Å². The van der Waals surface area contributed by atoms with Crippen molar-refractivity contribution >= 4 is 15.7 Å². The number of benzene rings is 2. The summed E-state index contributed by atoms with van der Waals surface area (Å²) in [6.07, 6.45) is 1.75. The molecule has 7 heteroatoms. The van der Waals surface area contributed by atoms with Gasteiger partial charge in [-0.2, -0.15) is 0 Å². The van der Waals surface area contributed by atoms with Gasteiger partial charge in [-0.15, -0.1) is 0 Å². The number of nitrogens with zero attached hydrogens (tertiary/aromatic N) is 1. The quantitative estimate of drug-likeness (QED) is 0.642. The molecule has 3 rings (SSSR count). The van der Waals surface area contributed by atoms with Gasteiger partial charge in [0.1, 0.15) is 11.6 Å². The van der Waals surface area contributed by atoms with Crippen molar-refractivity contribution in [3.63, 3.8) is 0 Å². The average Bonchev–Trinajstić information content (AvgIpc) is 2.73. The van der Waals surface area contributed by atoms with Gasteiger partial charge < -0.3 is 9.64 Å².